The molecule has 1 N–H and O–H groups in total. The number of carbonyl (C=O) groups is 1. The molecule has 25 heavy (non-hydrogen) atoms. The minimum atomic E-state index is -0.174. The molecule has 134 valence electrons. The van der Waals surface area contributed by atoms with E-state index in [0.717, 1.165) is 28.5 Å². The largest absolute Gasteiger partial charge is 0.494 e. The van der Waals surface area contributed by atoms with E-state index in [1.54, 1.807) is 11.8 Å². The number of ether oxygens (including phenoxy) is 1. The van der Waals surface area contributed by atoms with Gasteiger partial charge >= 0.3 is 0 Å². The second kappa shape index (κ2) is 10.1. The molecular weight excluding hydrogens is 332 g/mol. The Labute approximate surface area is 154 Å². The van der Waals surface area contributed by atoms with Crippen molar-refractivity contribution in [3.8, 4) is 11.8 Å². The van der Waals surface area contributed by atoms with Gasteiger partial charge in [-0.2, -0.15) is 5.26 Å². The molecule has 0 saturated heterocycles. The standard InChI is InChI=1S/C20H26N2O2S/c1-3-5-6-7-12-25-20-18(14-21)17(13-19(23)22-20)15-8-10-16(11-9-15)24-4-2/h8-11,17H,3-7,12-13H2,1-2H3,(H,22,23). The zero-order valence-corrected chi connectivity index (χ0v) is 15.8. The fourth-order valence-corrected chi connectivity index (χ4v) is 3.97. The average Bonchev–Trinajstić information content (AvgIpc) is 2.62. The molecule has 4 nitrogen and oxygen atoms in total. The summed E-state index contributed by atoms with van der Waals surface area (Å²) in [5, 5.41) is 13.3. The van der Waals surface area contributed by atoms with E-state index < -0.39 is 0 Å². The van der Waals surface area contributed by atoms with Crippen molar-refractivity contribution in [3.05, 3.63) is 40.4 Å². The number of nitrogens with zero attached hydrogens (tertiary/aromatic N) is 1. The Morgan fingerprint density at radius 1 is 1.24 bits per heavy atom. The normalized spacial score (nSPS) is 17.2. The number of benzene rings is 1. The van der Waals surface area contributed by atoms with Crippen LogP contribution < -0.4 is 10.1 Å². The van der Waals surface area contributed by atoms with E-state index in [-0.39, 0.29) is 11.8 Å². The number of nitrogens with one attached hydrogen (secondary N) is 1. The summed E-state index contributed by atoms with van der Waals surface area (Å²) in [6.07, 6.45) is 5.04. The first-order valence-electron chi connectivity index (χ1n) is 8.99. The van der Waals surface area contributed by atoms with E-state index in [9.17, 15) is 10.1 Å². The molecule has 1 heterocycles. The molecule has 2 rings (SSSR count). The predicted molar refractivity (Wildman–Crippen MR) is 102 cm³/mol. The maximum atomic E-state index is 12.1. The highest BCUT2D eigenvalue weighted by atomic mass is 32.2. The minimum Gasteiger partial charge on any atom is -0.494 e. The van der Waals surface area contributed by atoms with Crippen molar-refractivity contribution in [1.29, 1.82) is 5.26 Å². The molecule has 0 aliphatic carbocycles. The molecule has 1 aliphatic heterocycles. The van der Waals surface area contributed by atoms with Crippen molar-refractivity contribution >= 4 is 17.7 Å². The SMILES string of the molecule is CCCCCCSC1=C(C#N)C(c2ccc(OCC)cc2)CC(=O)N1. The van der Waals surface area contributed by atoms with E-state index in [2.05, 4.69) is 18.3 Å². The minimum absolute atomic E-state index is 0.0195. The first-order valence-corrected chi connectivity index (χ1v) is 9.97. The van der Waals surface area contributed by atoms with Gasteiger partial charge in [-0.05, 0) is 36.8 Å². The lowest BCUT2D eigenvalue weighted by molar-refractivity contribution is -0.120. The van der Waals surface area contributed by atoms with Crippen LogP contribution in [0.2, 0.25) is 0 Å². The van der Waals surface area contributed by atoms with Gasteiger partial charge in [0.05, 0.1) is 23.3 Å². The van der Waals surface area contributed by atoms with Gasteiger partial charge in [0.1, 0.15) is 5.75 Å². The lowest BCUT2D eigenvalue weighted by Crippen LogP contribution is -2.30. The summed E-state index contributed by atoms with van der Waals surface area (Å²) in [5.41, 5.74) is 1.66. The molecule has 1 aromatic rings. The molecule has 1 aliphatic rings. The number of rotatable bonds is 9. The van der Waals surface area contributed by atoms with E-state index in [0.29, 0.717) is 18.6 Å². The van der Waals surface area contributed by atoms with Crippen molar-refractivity contribution in [3.63, 3.8) is 0 Å². The molecule has 0 fully saturated rings. The van der Waals surface area contributed by atoms with Crippen molar-refractivity contribution in [1.82, 2.24) is 5.32 Å². The predicted octanol–water partition coefficient (Wildman–Crippen LogP) is 4.74. The van der Waals surface area contributed by atoms with Gasteiger partial charge < -0.3 is 10.1 Å². The molecule has 0 saturated carbocycles. The number of allylic oxidation sites excluding steroid dienone is 1. The number of nitriles is 1. The molecule has 0 aromatic heterocycles. The second-order valence-corrected chi connectivity index (χ2v) is 7.18. The Bertz CT molecular complexity index is 647. The smallest absolute Gasteiger partial charge is 0.225 e. The van der Waals surface area contributed by atoms with Crippen molar-refractivity contribution < 1.29 is 9.53 Å². The summed E-state index contributed by atoms with van der Waals surface area (Å²) < 4.78 is 5.47. The van der Waals surface area contributed by atoms with Crippen LogP contribution in [-0.2, 0) is 4.79 Å². The summed E-state index contributed by atoms with van der Waals surface area (Å²) in [7, 11) is 0. The summed E-state index contributed by atoms with van der Waals surface area (Å²) in [6, 6.07) is 10.0. The van der Waals surface area contributed by atoms with Crippen LogP contribution in [0.15, 0.2) is 34.9 Å². The lowest BCUT2D eigenvalue weighted by atomic mass is 9.87. The molecule has 0 spiro atoms. The summed E-state index contributed by atoms with van der Waals surface area (Å²) in [5.74, 6) is 1.54. The molecule has 1 aromatic carbocycles. The van der Waals surface area contributed by atoms with Gasteiger partial charge in [0.2, 0.25) is 5.91 Å². The third-order valence-corrected chi connectivity index (χ3v) is 5.30. The number of unbranched alkanes of at least 4 members (excludes halogenated alkanes) is 3. The van der Waals surface area contributed by atoms with Crippen molar-refractivity contribution in [2.24, 2.45) is 0 Å². The number of amides is 1. The number of hydrogen-bond donors (Lipinski definition) is 1. The second-order valence-electron chi connectivity index (χ2n) is 6.07. The van der Waals surface area contributed by atoms with Crippen LogP contribution in [0.5, 0.6) is 5.75 Å². The Kier molecular flexibility index (Phi) is 7.87. The molecule has 1 atom stereocenters. The highest BCUT2D eigenvalue weighted by Crippen LogP contribution is 2.36. The zero-order valence-electron chi connectivity index (χ0n) is 15.0. The highest BCUT2D eigenvalue weighted by molar-refractivity contribution is 8.03. The Balaban J connectivity index is 2.13. The Hall–Kier alpha value is -1.93. The number of carbonyl (C=O) groups excluding carboxylic acids is 1. The average molecular weight is 359 g/mol. The fraction of sp³-hybridized carbons (Fsp3) is 0.500. The highest BCUT2D eigenvalue weighted by Gasteiger charge is 2.29. The van der Waals surface area contributed by atoms with E-state index >= 15 is 0 Å². The molecule has 1 unspecified atom stereocenters. The Morgan fingerprint density at radius 2 is 2.00 bits per heavy atom. The van der Waals surface area contributed by atoms with E-state index in [1.807, 2.05) is 31.2 Å². The van der Waals surface area contributed by atoms with E-state index in [1.165, 1.54) is 19.3 Å². The van der Waals surface area contributed by atoms with Crippen LogP contribution >= 0.6 is 11.8 Å². The summed E-state index contributed by atoms with van der Waals surface area (Å²) >= 11 is 1.59. The maximum absolute atomic E-state index is 12.1. The zero-order chi connectivity index (χ0) is 18.1. The third kappa shape index (κ3) is 5.54. The molecule has 1 amide bonds. The molecule has 5 heteroatoms. The van der Waals surface area contributed by atoms with Gasteiger partial charge in [-0.25, -0.2) is 0 Å². The van der Waals surface area contributed by atoms with Gasteiger partial charge in [0, 0.05) is 12.3 Å². The van der Waals surface area contributed by atoms with Crippen LogP contribution in [0.25, 0.3) is 0 Å². The van der Waals surface area contributed by atoms with Gasteiger partial charge in [0.25, 0.3) is 0 Å². The Morgan fingerprint density at radius 3 is 2.64 bits per heavy atom. The molecule has 0 radical (unpaired) electrons. The van der Waals surface area contributed by atoms with E-state index in [4.69, 9.17) is 4.74 Å². The fourth-order valence-electron chi connectivity index (χ4n) is 2.88. The molecular formula is C20H26N2O2S. The first-order chi connectivity index (χ1) is 12.2. The number of thioether (sulfide) groups is 1. The maximum Gasteiger partial charge on any atom is 0.225 e. The van der Waals surface area contributed by atoms with Crippen LogP contribution in [0.4, 0.5) is 0 Å². The quantitative estimate of drug-likeness (QED) is 0.648. The topological polar surface area (TPSA) is 62.1 Å². The van der Waals surface area contributed by atoms with Crippen LogP contribution in [0, 0.1) is 11.3 Å². The van der Waals surface area contributed by atoms with Gasteiger partial charge in [0.15, 0.2) is 0 Å². The van der Waals surface area contributed by atoms with Crippen LogP contribution in [0.3, 0.4) is 0 Å². The molecule has 0 bridgehead atoms. The number of hydrogen-bond acceptors (Lipinski definition) is 4. The van der Waals surface area contributed by atoms with Crippen molar-refractivity contribution in [2.75, 3.05) is 12.4 Å². The lowest BCUT2D eigenvalue weighted by Gasteiger charge is -2.25. The monoisotopic (exact) mass is 358 g/mol. The van der Waals surface area contributed by atoms with Crippen molar-refractivity contribution in [2.45, 2.75) is 51.9 Å². The first kappa shape index (κ1) is 19.4. The third-order valence-electron chi connectivity index (χ3n) is 4.19. The van der Waals surface area contributed by atoms with Gasteiger partial charge in [-0.15, -0.1) is 11.8 Å². The summed E-state index contributed by atoms with van der Waals surface area (Å²) in [4.78, 5) is 12.1. The summed E-state index contributed by atoms with van der Waals surface area (Å²) in [6.45, 7) is 4.75. The van der Waals surface area contributed by atoms with Crippen LogP contribution in [-0.4, -0.2) is 18.3 Å². The van der Waals surface area contributed by atoms with Crippen LogP contribution in [0.1, 0.15) is 57.4 Å². The van der Waals surface area contributed by atoms with Gasteiger partial charge in [-0.1, -0.05) is 38.3 Å². The van der Waals surface area contributed by atoms with Gasteiger partial charge in [-0.3, -0.25) is 4.79 Å².